The number of hydrogen-bond acceptors (Lipinski definition) is 4. The van der Waals surface area contributed by atoms with Crippen molar-refractivity contribution in [1.82, 2.24) is 15.1 Å². The van der Waals surface area contributed by atoms with E-state index < -0.39 is 0 Å². The molecule has 0 saturated carbocycles. The Hall–Kier alpha value is -1.07. The molecular weight excluding hydrogens is 264 g/mol. The molecule has 0 aliphatic carbocycles. The first-order chi connectivity index (χ1) is 9.19. The first-order valence-electron chi connectivity index (χ1n) is 6.92. The summed E-state index contributed by atoms with van der Waals surface area (Å²) in [5, 5.41) is 7.77. The molecule has 5 nitrogen and oxygen atoms in total. The van der Waals surface area contributed by atoms with Crippen LogP contribution < -0.4 is 15.8 Å². The van der Waals surface area contributed by atoms with E-state index in [1.165, 1.54) is 4.68 Å². The zero-order valence-electron chi connectivity index (χ0n) is 11.5. The number of unbranched alkanes of at least 4 members (excludes halogenated alkanes) is 1. The minimum Gasteiger partial charge on any atom is -0.364 e. The van der Waals surface area contributed by atoms with E-state index in [2.05, 4.69) is 29.2 Å². The number of hydrogen-bond donors (Lipinski definition) is 1. The average molecular weight is 285 g/mol. The average Bonchev–Trinajstić information content (AvgIpc) is 2.36. The van der Waals surface area contributed by atoms with Crippen molar-refractivity contribution in [2.75, 3.05) is 24.5 Å². The summed E-state index contributed by atoms with van der Waals surface area (Å²) < 4.78 is 1.46. The third kappa shape index (κ3) is 2.92. The van der Waals surface area contributed by atoms with Gasteiger partial charge in [-0.2, -0.15) is 5.10 Å². The topological polar surface area (TPSA) is 50.2 Å². The van der Waals surface area contributed by atoms with Crippen LogP contribution in [0.1, 0.15) is 26.7 Å². The summed E-state index contributed by atoms with van der Waals surface area (Å²) >= 11 is 6.24. The highest BCUT2D eigenvalue weighted by molar-refractivity contribution is 6.33. The van der Waals surface area contributed by atoms with Gasteiger partial charge in [0.15, 0.2) is 0 Å². The fourth-order valence-corrected chi connectivity index (χ4v) is 2.50. The minimum absolute atomic E-state index is 0.182. The molecule has 0 unspecified atom stereocenters. The van der Waals surface area contributed by atoms with E-state index in [1.54, 1.807) is 6.20 Å². The molecule has 2 heterocycles. The maximum Gasteiger partial charge on any atom is 0.287 e. The maximum atomic E-state index is 12.2. The Morgan fingerprint density at radius 1 is 1.53 bits per heavy atom. The second-order valence-electron chi connectivity index (χ2n) is 4.82. The molecule has 2 rings (SSSR count). The summed E-state index contributed by atoms with van der Waals surface area (Å²) in [6.45, 7) is 7.48. The fraction of sp³-hybridized carbons (Fsp3) is 0.692. The Balaban J connectivity index is 2.26. The zero-order valence-corrected chi connectivity index (χ0v) is 12.3. The van der Waals surface area contributed by atoms with Crippen LogP contribution in [0.4, 0.5) is 5.69 Å². The van der Waals surface area contributed by atoms with Gasteiger partial charge < -0.3 is 10.2 Å². The number of nitrogens with one attached hydrogen (secondary N) is 1. The summed E-state index contributed by atoms with van der Waals surface area (Å²) in [6, 6.07) is 0.412. The van der Waals surface area contributed by atoms with Crippen molar-refractivity contribution in [3.63, 3.8) is 0 Å². The van der Waals surface area contributed by atoms with Crippen LogP contribution in [-0.2, 0) is 6.54 Å². The molecule has 6 heteroatoms. The van der Waals surface area contributed by atoms with Gasteiger partial charge in [-0.15, -0.1) is 0 Å². The SMILES string of the molecule is CCCCn1ncc(N(CC)C2CNC2)c(Cl)c1=O. The number of rotatable bonds is 6. The molecule has 19 heavy (non-hydrogen) atoms. The van der Waals surface area contributed by atoms with Crippen molar-refractivity contribution in [3.05, 3.63) is 21.6 Å². The van der Waals surface area contributed by atoms with Gasteiger partial charge >= 0.3 is 0 Å². The third-order valence-corrected chi connectivity index (χ3v) is 3.90. The van der Waals surface area contributed by atoms with E-state index >= 15 is 0 Å². The van der Waals surface area contributed by atoms with Gasteiger partial charge in [-0.1, -0.05) is 24.9 Å². The predicted octanol–water partition coefficient (Wildman–Crippen LogP) is 1.49. The lowest BCUT2D eigenvalue weighted by Crippen LogP contribution is -2.57. The van der Waals surface area contributed by atoms with Gasteiger partial charge in [0.25, 0.3) is 5.56 Å². The van der Waals surface area contributed by atoms with E-state index in [9.17, 15) is 4.79 Å². The lowest BCUT2D eigenvalue weighted by molar-refractivity contribution is 0.416. The Kier molecular flexibility index (Phi) is 4.82. The smallest absolute Gasteiger partial charge is 0.287 e. The van der Waals surface area contributed by atoms with Crippen molar-refractivity contribution in [1.29, 1.82) is 0 Å². The van der Waals surface area contributed by atoms with E-state index in [0.717, 1.165) is 38.2 Å². The maximum absolute atomic E-state index is 12.2. The Labute approximate surface area is 118 Å². The van der Waals surface area contributed by atoms with Crippen LogP contribution in [0, 0.1) is 0 Å². The van der Waals surface area contributed by atoms with Crippen LogP contribution in [0.5, 0.6) is 0 Å². The molecule has 0 spiro atoms. The number of likely N-dealkylation sites (N-methyl/N-ethyl adjacent to an activating group) is 1. The molecule has 106 valence electrons. The third-order valence-electron chi connectivity index (χ3n) is 3.54. The van der Waals surface area contributed by atoms with Gasteiger partial charge in [-0.05, 0) is 13.3 Å². The highest BCUT2D eigenvalue weighted by Gasteiger charge is 2.26. The van der Waals surface area contributed by atoms with Crippen LogP contribution in [0.25, 0.3) is 0 Å². The quantitative estimate of drug-likeness (QED) is 0.860. The first kappa shape index (κ1) is 14.3. The van der Waals surface area contributed by atoms with Crippen LogP contribution in [0.15, 0.2) is 11.0 Å². The number of aryl methyl sites for hydroxylation is 1. The molecule has 1 aliphatic rings. The molecule has 1 aliphatic heterocycles. The van der Waals surface area contributed by atoms with Gasteiger partial charge in [-0.3, -0.25) is 4.79 Å². The molecular formula is C13H21ClN4O. The zero-order chi connectivity index (χ0) is 13.8. The molecule has 0 aromatic carbocycles. The van der Waals surface area contributed by atoms with E-state index in [-0.39, 0.29) is 5.56 Å². The lowest BCUT2D eigenvalue weighted by Gasteiger charge is -2.39. The summed E-state index contributed by atoms with van der Waals surface area (Å²) in [7, 11) is 0. The van der Waals surface area contributed by atoms with Crippen molar-refractivity contribution in [3.8, 4) is 0 Å². The number of aromatic nitrogens is 2. The van der Waals surface area contributed by atoms with Crippen LogP contribution >= 0.6 is 11.6 Å². The summed E-state index contributed by atoms with van der Waals surface area (Å²) in [5.74, 6) is 0. The van der Waals surface area contributed by atoms with Crippen LogP contribution in [0.3, 0.4) is 0 Å². The largest absolute Gasteiger partial charge is 0.364 e. The van der Waals surface area contributed by atoms with E-state index in [1.807, 2.05) is 0 Å². The molecule has 0 atom stereocenters. The van der Waals surface area contributed by atoms with E-state index in [4.69, 9.17) is 11.6 Å². The number of anilines is 1. The van der Waals surface area contributed by atoms with Gasteiger partial charge in [-0.25, -0.2) is 4.68 Å². The fourth-order valence-electron chi connectivity index (χ4n) is 2.24. The van der Waals surface area contributed by atoms with Crippen molar-refractivity contribution in [2.24, 2.45) is 0 Å². The number of nitrogens with zero attached hydrogens (tertiary/aromatic N) is 3. The monoisotopic (exact) mass is 284 g/mol. The highest BCUT2D eigenvalue weighted by atomic mass is 35.5. The molecule has 1 N–H and O–H groups in total. The molecule has 1 aromatic rings. The molecule has 1 saturated heterocycles. The number of halogens is 1. The Morgan fingerprint density at radius 2 is 2.26 bits per heavy atom. The summed E-state index contributed by atoms with van der Waals surface area (Å²) in [5.41, 5.74) is 0.576. The Bertz CT molecular complexity index is 484. The lowest BCUT2D eigenvalue weighted by atomic mass is 10.1. The van der Waals surface area contributed by atoms with Gasteiger partial charge in [0.1, 0.15) is 5.02 Å². The van der Waals surface area contributed by atoms with Crippen LogP contribution in [-0.4, -0.2) is 35.5 Å². The first-order valence-corrected chi connectivity index (χ1v) is 7.29. The molecule has 1 fully saturated rings. The standard InChI is InChI=1S/C13H21ClN4O/c1-3-5-6-18-13(19)12(14)11(9-16-18)17(4-2)10-7-15-8-10/h9-10,15H,3-8H2,1-2H3. The van der Waals surface area contributed by atoms with Crippen molar-refractivity contribution >= 4 is 17.3 Å². The van der Waals surface area contributed by atoms with Gasteiger partial charge in [0, 0.05) is 26.2 Å². The second-order valence-corrected chi connectivity index (χ2v) is 5.20. The minimum atomic E-state index is -0.182. The van der Waals surface area contributed by atoms with Crippen molar-refractivity contribution in [2.45, 2.75) is 39.3 Å². The second kappa shape index (κ2) is 6.39. The van der Waals surface area contributed by atoms with Gasteiger partial charge in [0.2, 0.25) is 0 Å². The summed E-state index contributed by atoms with van der Waals surface area (Å²) in [4.78, 5) is 14.3. The molecule has 0 radical (unpaired) electrons. The molecule has 0 bridgehead atoms. The normalized spacial score (nSPS) is 15.3. The van der Waals surface area contributed by atoms with Crippen LogP contribution in [0.2, 0.25) is 5.02 Å². The predicted molar refractivity (Wildman–Crippen MR) is 78.1 cm³/mol. The van der Waals surface area contributed by atoms with E-state index in [0.29, 0.717) is 17.6 Å². The Morgan fingerprint density at radius 3 is 2.79 bits per heavy atom. The van der Waals surface area contributed by atoms with Crippen molar-refractivity contribution < 1.29 is 0 Å². The van der Waals surface area contributed by atoms with Gasteiger partial charge in [0.05, 0.1) is 17.9 Å². The molecule has 1 aromatic heterocycles. The molecule has 0 amide bonds. The summed E-state index contributed by atoms with van der Waals surface area (Å²) in [6.07, 6.45) is 3.69. The highest BCUT2D eigenvalue weighted by Crippen LogP contribution is 2.24.